The summed E-state index contributed by atoms with van der Waals surface area (Å²) in [7, 11) is 0. The molecule has 0 amide bonds. The number of rotatable bonds is 1. The maximum absolute atomic E-state index is 6.42. The molecule has 2 aromatic carbocycles. The molecule has 0 aliphatic heterocycles. The highest BCUT2D eigenvalue weighted by atomic mass is 127. The van der Waals surface area contributed by atoms with E-state index in [2.05, 4.69) is 52.9 Å². The molecule has 0 bridgehead atoms. The van der Waals surface area contributed by atoms with E-state index in [4.69, 9.17) is 28.9 Å². The van der Waals surface area contributed by atoms with Gasteiger partial charge in [0.2, 0.25) is 0 Å². The van der Waals surface area contributed by atoms with E-state index in [0.717, 1.165) is 12.8 Å². The third-order valence-corrected chi connectivity index (χ3v) is 5.79. The highest BCUT2D eigenvalue weighted by Crippen LogP contribution is 2.46. The number of fused-ring (bicyclic) bond motifs is 1. The summed E-state index contributed by atoms with van der Waals surface area (Å²) in [5.74, 6) is 0.340. The highest BCUT2D eigenvalue weighted by molar-refractivity contribution is 14.1. The minimum atomic E-state index is -0.277. The van der Waals surface area contributed by atoms with Gasteiger partial charge in [-0.1, -0.05) is 76.1 Å². The molecule has 0 radical (unpaired) electrons. The number of hydrogen-bond donors (Lipinski definition) is 1. The molecule has 0 fully saturated rings. The molecule has 1 aliphatic carbocycles. The molecule has 1 nitrogen and oxygen atoms in total. The van der Waals surface area contributed by atoms with Crippen LogP contribution < -0.4 is 5.73 Å². The van der Waals surface area contributed by atoms with Gasteiger partial charge in [0, 0.05) is 5.92 Å². The molecule has 0 spiro atoms. The molecule has 0 unspecified atom stereocenters. The van der Waals surface area contributed by atoms with Crippen molar-refractivity contribution in [1.29, 1.82) is 0 Å². The van der Waals surface area contributed by atoms with Gasteiger partial charge >= 0.3 is 0 Å². The van der Waals surface area contributed by atoms with E-state index in [0.29, 0.717) is 16.0 Å². The summed E-state index contributed by atoms with van der Waals surface area (Å²) >= 11 is 14.5. The molecule has 2 N–H and O–H groups in total. The van der Waals surface area contributed by atoms with E-state index in [1.54, 1.807) is 0 Å². The number of benzene rings is 2. The molecule has 1 aliphatic rings. The Labute approximate surface area is 142 Å². The van der Waals surface area contributed by atoms with E-state index < -0.39 is 0 Å². The third kappa shape index (κ3) is 2.59. The summed E-state index contributed by atoms with van der Waals surface area (Å²) in [5, 5.41) is 1.21. The Kier molecular flexibility index (Phi) is 4.01. The molecule has 3 rings (SSSR count). The first-order valence-electron chi connectivity index (χ1n) is 6.51. The van der Waals surface area contributed by atoms with Crippen LogP contribution in [0.15, 0.2) is 42.5 Å². The predicted molar refractivity (Wildman–Crippen MR) is 93.9 cm³/mol. The van der Waals surface area contributed by atoms with Gasteiger partial charge in [-0.05, 0) is 41.7 Å². The molecular weight excluding hydrogens is 404 g/mol. The Morgan fingerprint density at radius 2 is 1.85 bits per heavy atom. The van der Waals surface area contributed by atoms with Gasteiger partial charge in [0.1, 0.15) is 0 Å². The highest BCUT2D eigenvalue weighted by Gasteiger charge is 2.34. The van der Waals surface area contributed by atoms with Crippen molar-refractivity contribution in [2.24, 2.45) is 5.73 Å². The van der Waals surface area contributed by atoms with E-state index in [1.165, 1.54) is 16.7 Å². The van der Waals surface area contributed by atoms with E-state index in [-0.39, 0.29) is 3.55 Å². The van der Waals surface area contributed by atoms with E-state index in [9.17, 15) is 0 Å². The second-order valence-corrected chi connectivity index (χ2v) is 7.95. The Hall–Kier alpha value is -0.290. The monoisotopic (exact) mass is 417 g/mol. The van der Waals surface area contributed by atoms with Crippen molar-refractivity contribution in [3.8, 4) is 0 Å². The Bertz CT molecular complexity index is 655. The fourth-order valence-electron chi connectivity index (χ4n) is 2.90. The predicted octanol–water partition coefficient (Wildman–Crippen LogP) is 5.47. The molecule has 0 saturated heterocycles. The van der Waals surface area contributed by atoms with Gasteiger partial charge < -0.3 is 5.73 Å². The van der Waals surface area contributed by atoms with Crippen molar-refractivity contribution in [3.05, 3.63) is 69.2 Å². The molecular formula is C16H14Cl2IN. The average Bonchev–Trinajstić information content (AvgIpc) is 2.43. The van der Waals surface area contributed by atoms with Gasteiger partial charge in [0.15, 0.2) is 0 Å². The molecule has 104 valence electrons. The topological polar surface area (TPSA) is 26.0 Å². The van der Waals surface area contributed by atoms with Gasteiger partial charge in [0.05, 0.1) is 13.6 Å². The van der Waals surface area contributed by atoms with Crippen molar-refractivity contribution in [3.63, 3.8) is 0 Å². The van der Waals surface area contributed by atoms with E-state index >= 15 is 0 Å². The van der Waals surface area contributed by atoms with Crippen LogP contribution in [0.2, 0.25) is 10.0 Å². The summed E-state index contributed by atoms with van der Waals surface area (Å²) in [6.45, 7) is 0. The van der Waals surface area contributed by atoms with Crippen molar-refractivity contribution in [1.82, 2.24) is 0 Å². The summed E-state index contributed by atoms with van der Waals surface area (Å²) in [6.07, 6.45) is 1.98. The van der Waals surface area contributed by atoms with Crippen LogP contribution in [-0.2, 0) is 3.55 Å². The molecule has 4 heteroatoms. The van der Waals surface area contributed by atoms with Crippen LogP contribution in [-0.4, -0.2) is 0 Å². The Morgan fingerprint density at radius 3 is 2.60 bits per heavy atom. The first-order chi connectivity index (χ1) is 9.49. The SMILES string of the molecule is N[C@@]1(I)CC[C@@H](c2ccc(Cl)c(Cl)c2)c2ccccc21. The number of halogens is 3. The maximum Gasteiger partial charge on any atom is 0.0938 e. The standard InChI is InChI=1S/C16H14Cl2IN/c17-14-6-5-10(9-15(14)18)11-7-8-16(19,20)13-4-2-1-3-12(11)13/h1-6,9,11H,7-8,20H2/t11-,16-/m0/s1. The van der Waals surface area contributed by atoms with E-state index in [1.807, 2.05) is 12.1 Å². The zero-order valence-electron chi connectivity index (χ0n) is 10.7. The minimum absolute atomic E-state index is 0.277. The molecule has 0 aromatic heterocycles. The van der Waals surface area contributed by atoms with Gasteiger partial charge in [-0.3, -0.25) is 0 Å². The molecule has 20 heavy (non-hydrogen) atoms. The Balaban J connectivity index is 2.10. The number of alkyl halides is 1. The lowest BCUT2D eigenvalue weighted by atomic mass is 9.77. The van der Waals surface area contributed by atoms with Crippen LogP contribution in [0.4, 0.5) is 0 Å². The van der Waals surface area contributed by atoms with Crippen LogP contribution >= 0.6 is 45.8 Å². The van der Waals surface area contributed by atoms with Crippen LogP contribution in [0.25, 0.3) is 0 Å². The summed E-state index contributed by atoms with van der Waals surface area (Å²) in [6, 6.07) is 14.3. The fraction of sp³-hybridized carbons (Fsp3) is 0.250. The fourth-order valence-corrected chi connectivity index (χ4v) is 4.01. The zero-order chi connectivity index (χ0) is 14.3. The number of nitrogens with two attached hydrogens (primary N) is 1. The molecule has 2 atom stereocenters. The van der Waals surface area contributed by atoms with Crippen LogP contribution in [0.1, 0.15) is 35.4 Å². The van der Waals surface area contributed by atoms with Gasteiger partial charge in [0.25, 0.3) is 0 Å². The zero-order valence-corrected chi connectivity index (χ0v) is 14.4. The van der Waals surface area contributed by atoms with Crippen molar-refractivity contribution in [2.75, 3.05) is 0 Å². The lowest BCUT2D eigenvalue weighted by molar-refractivity contribution is 0.511. The Morgan fingerprint density at radius 1 is 1.10 bits per heavy atom. The summed E-state index contributed by atoms with van der Waals surface area (Å²) < 4.78 is -0.277. The van der Waals surface area contributed by atoms with Crippen LogP contribution in [0.5, 0.6) is 0 Å². The maximum atomic E-state index is 6.42. The largest absolute Gasteiger partial charge is 0.313 e. The quantitative estimate of drug-likeness (QED) is 0.371. The third-order valence-electron chi connectivity index (χ3n) is 3.93. The summed E-state index contributed by atoms with van der Waals surface area (Å²) in [5.41, 5.74) is 10.2. The van der Waals surface area contributed by atoms with Crippen molar-refractivity contribution < 1.29 is 0 Å². The van der Waals surface area contributed by atoms with Gasteiger partial charge in [-0.2, -0.15) is 0 Å². The molecule has 0 heterocycles. The summed E-state index contributed by atoms with van der Waals surface area (Å²) in [4.78, 5) is 0. The van der Waals surface area contributed by atoms with Crippen LogP contribution in [0, 0.1) is 0 Å². The lowest BCUT2D eigenvalue weighted by Crippen LogP contribution is -2.35. The molecule has 0 saturated carbocycles. The normalized spacial score (nSPS) is 25.3. The van der Waals surface area contributed by atoms with Gasteiger partial charge in [-0.15, -0.1) is 0 Å². The number of hydrogen-bond acceptors (Lipinski definition) is 1. The van der Waals surface area contributed by atoms with Crippen molar-refractivity contribution >= 4 is 45.8 Å². The second-order valence-electron chi connectivity index (χ2n) is 5.21. The second kappa shape index (κ2) is 5.48. The smallest absolute Gasteiger partial charge is 0.0938 e. The molecule has 2 aromatic rings. The minimum Gasteiger partial charge on any atom is -0.313 e. The first kappa shape index (κ1) is 14.6. The van der Waals surface area contributed by atoms with Gasteiger partial charge in [-0.25, -0.2) is 0 Å². The van der Waals surface area contributed by atoms with Crippen molar-refractivity contribution in [2.45, 2.75) is 22.3 Å². The lowest BCUT2D eigenvalue weighted by Gasteiger charge is -2.35. The van der Waals surface area contributed by atoms with Crippen LogP contribution in [0.3, 0.4) is 0 Å². The average molecular weight is 418 g/mol. The first-order valence-corrected chi connectivity index (χ1v) is 8.34.